The predicted molar refractivity (Wildman–Crippen MR) is 117 cm³/mol. The maximum atomic E-state index is 12.5. The first-order valence-corrected chi connectivity index (χ1v) is 10.5. The van der Waals surface area contributed by atoms with Crippen LogP contribution in [0.2, 0.25) is 0 Å². The molecule has 0 heterocycles. The molecule has 0 aliphatic carbocycles. The minimum absolute atomic E-state index is 0.0452. The summed E-state index contributed by atoms with van der Waals surface area (Å²) < 4.78 is 5.31. The van der Waals surface area contributed by atoms with Crippen LogP contribution in [0.25, 0.3) is 0 Å². The summed E-state index contributed by atoms with van der Waals surface area (Å²) in [6, 6.07) is 7.66. The summed E-state index contributed by atoms with van der Waals surface area (Å²) in [4.78, 5) is 36.1. The Morgan fingerprint density at radius 2 is 1.61 bits per heavy atom. The summed E-state index contributed by atoms with van der Waals surface area (Å²) in [7, 11) is 0. The molecule has 0 aromatic heterocycles. The Kier molecular flexibility index (Phi) is 9.97. The van der Waals surface area contributed by atoms with Crippen LogP contribution in [0, 0.1) is 11.8 Å². The lowest BCUT2D eigenvalue weighted by Crippen LogP contribution is -2.49. The van der Waals surface area contributed by atoms with E-state index in [4.69, 9.17) is 4.74 Å². The number of aliphatic carboxylic acids is 1. The number of alkyl carbamates (subject to hydrolysis) is 1. The highest BCUT2D eigenvalue weighted by Gasteiger charge is 2.30. The largest absolute Gasteiger partial charge is 0.480 e. The van der Waals surface area contributed by atoms with E-state index in [2.05, 4.69) is 10.6 Å². The van der Waals surface area contributed by atoms with Gasteiger partial charge in [-0.2, -0.15) is 0 Å². The molecule has 1 aromatic carbocycles. The monoisotopic (exact) mass is 436 g/mol. The van der Waals surface area contributed by atoms with Crippen LogP contribution in [0.4, 0.5) is 4.79 Å². The number of ether oxygens (including phenoxy) is 1. The summed E-state index contributed by atoms with van der Waals surface area (Å²) in [6.07, 6.45) is -1.31. The van der Waals surface area contributed by atoms with Gasteiger partial charge >= 0.3 is 12.1 Å². The van der Waals surface area contributed by atoms with Crippen molar-refractivity contribution in [3.05, 3.63) is 35.9 Å². The first-order valence-electron chi connectivity index (χ1n) is 10.5. The second-order valence-corrected chi connectivity index (χ2v) is 9.22. The number of carbonyl (C=O) groups is 3. The quantitative estimate of drug-likeness (QED) is 0.447. The van der Waals surface area contributed by atoms with Gasteiger partial charge in [0.25, 0.3) is 0 Å². The molecule has 0 unspecified atom stereocenters. The minimum Gasteiger partial charge on any atom is -0.480 e. The van der Waals surface area contributed by atoms with Crippen molar-refractivity contribution in [3.8, 4) is 0 Å². The smallest absolute Gasteiger partial charge is 0.407 e. The molecule has 0 spiro atoms. The Labute approximate surface area is 184 Å². The number of hydrogen-bond acceptors (Lipinski definition) is 5. The lowest BCUT2D eigenvalue weighted by atomic mass is 9.93. The molecule has 0 saturated carbocycles. The van der Waals surface area contributed by atoms with Crippen LogP contribution in [-0.4, -0.2) is 52.0 Å². The Bertz CT molecular complexity index is 729. The van der Waals surface area contributed by atoms with E-state index in [0.29, 0.717) is 6.42 Å². The van der Waals surface area contributed by atoms with Crippen molar-refractivity contribution in [1.29, 1.82) is 0 Å². The van der Waals surface area contributed by atoms with Crippen LogP contribution in [0.1, 0.15) is 53.5 Å². The summed E-state index contributed by atoms with van der Waals surface area (Å²) in [6.45, 7) is 10.3. The van der Waals surface area contributed by atoms with Gasteiger partial charge < -0.3 is 25.6 Å². The number of amides is 2. The molecule has 1 aromatic rings. The van der Waals surface area contributed by atoms with Gasteiger partial charge in [0, 0.05) is 5.92 Å². The zero-order chi connectivity index (χ0) is 23.8. The summed E-state index contributed by atoms with van der Waals surface area (Å²) in [5.74, 6) is -2.51. The highest BCUT2D eigenvalue weighted by molar-refractivity contribution is 5.85. The van der Waals surface area contributed by atoms with Crippen molar-refractivity contribution in [2.75, 3.05) is 0 Å². The Morgan fingerprint density at radius 3 is 2.10 bits per heavy atom. The van der Waals surface area contributed by atoms with Gasteiger partial charge in [-0.25, -0.2) is 9.59 Å². The fourth-order valence-corrected chi connectivity index (χ4v) is 3.05. The molecule has 0 bridgehead atoms. The number of benzene rings is 1. The van der Waals surface area contributed by atoms with Crippen LogP contribution in [0.15, 0.2) is 30.3 Å². The number of rotatable bonds is 10. The third kappa shape index (κ3) is 9.83. The second-order valence-electron chi connectivity index (χ2n) is 9.22. The van der Waals surface area contributed by atoms with Gasteiger partial charge in [0.1, 0.15) is 11.6 Å². The number of carboxylic acid groups (broad SMARTS) is 1. The van der Waals surface area contributed by atoms with Crippen molar-refractivity contribution in [2.45, 2.75) is 78.2 Å². The summed E-state index contributed by atoms with van der Waals surface area (Å²) in [5.41, 5.74) is 0.216. The van der Waals surface area contributed by atoms with E-state index in [-0.39, 0.29) is 12.3 Å². The van der Waals surface area contributed by atoms with E-state index in [0.717, 1.165) is 5.56 Å². The van der Waals surface area contributed by atoms with Crippen LogP contribution >= 0.6 is 0 Å². The Morgan fingerprint density at radius 1 is 1.03 bits per heavy atom. The average Bonchev–Trinajstić information content (AvgIpc) is 2.63. The molecule has 0 aliphatic rings. The highest BCUT2D eigenvalue weighted by Crippen LogP contribution is 2.16. The lowest BCUT2D eigenvalue weighted by molar-refractivity contribution is -0.143. The summed E-state index contributed by atoms with van der Waals surface area (Å²) in [5, 5.41) is 25.3. The van der Waals surface area contributed by atoms with Crippen molar-refractivity contribution >= 4 is 18.0 Å². The molecule has 4 N–H and O–H groups in total. The lowest BCUT2D eigenvalue weighted by Gasteiger charge is -2.28. The van der Waals surface area contributed by atoms with E-state index in [1.165, 1.54) is 0 Å². The third-order valence-electron chi connectivity index (χ3n) is 4.74. The van der Waals surface area contributed by atoms with E-state index >= 15 is 0 Å². The van der Waals surface area contributed by atoms with E-state index in [1.807, 2.05) is 30.3 Å². The predicted octanol–water partition coefficient (Wildman–Crippen LogP) is 2.73. The zero-order valence-corrected chi connectivity index (χ0v) is 19.2. The Hall–Kier alpha value is -2.61. The molecule has 0 fully saturated rings. The van der Waals surface area contributed by atoms with Crippen LogP contribution in [-0.2, 0) is 20.7 Å². The zero-order valence-electron chi connectivity index (χ0n) is 19.2. The van der Waals surface area contributed by atoms with Crippen LogP contribution in [0.5, 0.6) is 0 Å². The van der Waals surface area contributed by atoms with E-state index in [9.17, 15) is 24.6 Å². The molecule has 4 atom stereocenters. The highest BCUT2D eigenvalue weighted by atomic mass is 16.6. The van der Waals surface area contributed by atoms with E-state index < -0.39 is 47.7 Å². The number of carboxylic acids is 1. The molecule has 0 aliphatic heterocycles. The SMILES string of the molecule is CC(C)[C@@H](NC(=O)[C@H](C)C[C@H](O)[C@H](Cc1ccccc1)NC(=O)OC(C)(C)C)C(=O)O. The van der Waals surface area contributed by atoms with Crippen molar-refractivity contribution in [1.82, 2.24) is 10.6 Å². The molecule has 0 radical (unpaired) electrons. The number of carbonyl (C=O) groups excluding carboxylic acids is 2. The standard InChI is InChI=1S/C23H36N2O6/c1-14(2)19(21(28)29)25-20(27)15(3)12-18(26)17(13-16-10-8-7-9-11-16)24-22(30)31-23(4,5)6/h7-11,14-15,17-19,26H,12-13H2,1-6H3,(H,24,30)(H,25,27)(H,28,29)/t15-,17+,18+,19-/m1/s1. The topological polar surface area (TPSA) is 125 Å². The van der Waals surface area contributed by atoms with Gasteiger partial charge in [-0.15, -0.1) is 0 Å². The summed E-state index contributed by atoms with van der Waals surface area (Å²) >= 11 is 0. The molecular weight excluding hydrogens is 400 g/mol. The van der Waals surface area contributed by atoms with Gasteiger partial charge in [0.15, 0.2) is 0 Å². The van der Waals surface area contributed by atoms with E-state index in [1.54, 1.807) is 41.5 Å². The van der Waals surface area contributed by atoms with Crippen LogP contribution in [0.3, 0.4) is 0 Å². The van der Waals surface area contributed by atoms with Crippen molar-refractivity contribution in [2.24, 2.45) is 11.8 Å². The first kappa shape index (κ1) is 26.4. The maximum absolute atomic E-state index is 12.5. The number of hydrogen-bond donors (Lipinski definition) is 4. The number of nitrogens with one attached hydrogen (secondary N) is 2. The van der Waals surface area contributed by atoms with Gasteiger partial charge in [-0.1, -0.05) is 51.1 Å². The van der Waals surface area contributed by atoms with Gasteiger partial charge in [-0.05, 0) is 45.1 Å². The van der Waals surface area contributed by atoms with Gasteiger partial charge in [0.05, 0.1) is 12.1 Å². The van der Waals surface area contributed by atoms with Crippen molar-refractivity contribution < 1.29 is 29.3 Å². The third-order valence-corrected chi connectivity index (χ3v) is 4.74. The number of aliphatic hydroxyl groups excluding tert-OH is 1. The van der Waals surface area contributed by atoms with Gasteiger partial charge in [-0.3, -0.25) is 4.79 Å². The minimum atomic E-state index is -1.11. The molecule has 31 heavy (non-hydrogen) atoms. The fraction of sp³-hybridized carbons (Fsp3) is 0.609. The number of aliphatic hydroxyl groups is 1. The first-order chi connectivity index (χ1) is 14.3. The van der Waals surface area contributed by atoms with Crippen LogP contribution < -0.4 is 10.6 Å². The molecule has 8 heteroatoms. The second kappa shape index (κ2) is 11.7. The molecule has 8 nitrogen and oxygen atoms in total. The molecular formula is C23H36N2O6. The van der Waals surface area contributed by atoms with Gasteiger partial charge in [0.2, 0.25) is 5.91 Å². The molecule has 1 rings (SSSR count). The molecule has 0 saturated heterocycles. The maximum Gasteiger partial charge on any atom is 0.407 e. The normalized spacial score (nSPS) is 15.5. The average molecular weight is 437 g/mol. The fourth-order valence-electron chi connectivity index (χ4n) is 3.05. The van der Waals surface area contributed by atoms with Crippen molar-refractivity contribution in [3.63, 3.8) is 0 Å². The molecule has 174 valence electrons. The Balaban J connectivity index is 2.87. The molecule has 2 amide bonds.